The first-order chi connectivity index (χ1) is 6.81. The van der Waals surface area contributed by atoms with Gasteiger partial charge in [-0.3, -0.25) is 10.1 Å². The van der Waals surface area contributed by atoms with Crippen LogP contribution in [0.3, 0.4) is 0 Å². The Kier molecular flexibility index (Phi) is 3.03. The predicted molar refractivity (Wildman–Crippen MR) is 52.8 cm³/mol. The van der Waals surface area contributed by atoms with E-state index in [2.05, 4.69) is 5.32 Å². The van der Waals surface area contributed by atoms with E-state index in [0.29, 0.717) is 6.67 Å². The highest BCUT2D eigenvalue weighted by molar-refractivity contribution is 5.83. The van der Waals surface area contributed by atoms with E-state index < -0.39 is 0 Å². The van der Waals surface area contributed by atoms with Gasteiger partial charge in [0, 0.05) is 13.2 Å². The van der Waals surface area contributed by atoms with Crippen LogP contribution < -0.4 is 5.32 Å². The molecule has 0 aromatic rings. The normalized spacial score (nSPS) is 32.9. The Hall–Kier alpha value is -0.610. The summed E-state index contributed by atoms with van der Waals surface area (Å²) in [5.74, 6) is 0.239. The van der Waals surface area contributed by atoms with Gasteiger partial charge in [0.15, 0.2) is 0 Å². The van der Waals surface area contributed by atoms with E-state index >= 15 is 0 Å². The maximum Gasteiger partial charge on any atom is 0.240 e. The van der Waals surface area contributed by atoms with Gasteiger partial charge in [-0.15, -0.1) is 0 Å². The maximum absolute atomic E-state index is 11.7. The topological polar surface area (TPSA) is 41.6 Å². The monoisotopic (exact) mass is 198 g/mol. The van der Waals surface area contributed by atoms with Crippen molar-refractivity contribution in [2.75, 3.05) is 19.8 Å². The van der Waals surface area contributed by atoms with Crippen molar-refractivity contribution in [3.05, 3.63) is 0 Å². The molecule has 2 aliphatic heterocycles. The molecule has 14 heavy (non-hydrogen) atoms. The average Bonchev–Trinajstić information content (AvgIpc) is 2.79. The summed E-state index contributed by atoms with van der Waals surface area (Å²) in [6.07, 6.45) is 3.38. The van der Waals surface area contributed by atoms with E-state index in [1.165, 1.54) is 0 Å². The standard InChI is InChI=1S/C10H18N2O2/c1-2-9-10(13)12(7-11-9)6-8-4-3-5-14-8/h8-9,11H,2-7H2,1H3. The van der Waals surface area contributed by atoms with Crippen LogP contribution in [0.4, 0.5) is 0 Å². The number of ether oxygens (including phenoxy) is 1. The van der Waals surface area contributed by atoms with Crippen molar-refractivity contribution in [3.63, 3.8) is 0 Å². The molecule has 4 heteroatoms. The van der Waals surface area contributed by atoms with Crippen LogP contribution in [0.15, 0.2) is 0 Å². The zero-order valence-electron chi connectivity index (χ0n) is 8.66. The van der Waals surface area contributed by atoms with Crippen molar-refractivity contribution >= 4 is 5.91 Å². The third-order valence-electron chi connectivity index (χ3n) is 2.99. The molecule has 80 valence electrons. The molecule has 0 aromatic carbocycles. The summed E-state index contributed by atoms with van der Waals surface area (Å²) in [6, 6.07) is 0.0383. The molecular formula is C10H18N2O2. The Morgan fingerprint density at radius 2 is 2.50 bits per heavy atom. The van der Waals surface area contributed by atoms with Gasteiger partial charge >= 0.3 is 0 Å². The van der Waals surface area contributed by atoms with Crippen molar-refractivity contribution in [3.8, 4) is 0 Å². The van der Waals surface area contributed by atoms with Crippen LogP contribution in [0.2, 0.25) is 0 Å². The number of nitrogens with one attached hydrogen (secondary N) is 1. The fourth-order valence-electron chi connectivity index (χ4n) is 2.11. The molecule has 0 aliphatic carbocycles. The van der Waals surface area contributed by atoms with Crippen LogP contribution in [-0.4, -0.2) is 42.8 Å². The Bertz CT molecular complexity index is 214. The molecule has 2 heterocycles. The van der Waals surface area contributed by atoms with Gasteiger partial charge < -0.3 is 9.64 Å². The minimum Gasteiger partial charge on any atom is -0.376 e. The highest BCUT2D eigenvalue weighted by Crippen LogP contribution is 2.15. The lowest BCUT2D eigenvalue weighted by Gasteiger charge is -2.19. The van der Waals surface area contributed by atoms with Crippen molar-refractivity contribution in [1.82, 2.24) is 10.2 Å². The molecule has 2 aliphatic rings. The van der Waals surface area contributed by atoms with E-state index in [0.717, 1.165) is 32.4 Å². The number of carbonyl (C=O) groups is 1. The molecule has 2 rings (SSSR count). The Labute approximate surface area is 84.6 Å². The second kappa shape index (κ2) is 4.28. The molecule has 0 aromatic heterocycles. The summed E-state index contributed by atoms with van der Waals surface area (Å²) >= 11 is 0. The molecule has 4 nitrogen and oxygen atoms in total. The van der Waals surface area contributed by atoms with Crippen molar-refractivity contribution in [1.29, 1.82) is 0 Å². The van der Waals surface area contributed by atoms with Crippen LogP contribution in [0, 0.1) is 0 Å². The van der Waals surface area contributed by atoms with Gasteiger partial charge in [-0.2, -0.15) is 0 Å². The number of amides is 1. The van der Waals surface area contributed by atoms with Crippen molar-refractivity contribution < 1.29 is 9.53 Å². The van der Waals surface area contributed by atoms with Gasteiger partial charge in [-0.1, -0.05) is 6.92 Å². The molecule has 0 spiro atoms. The molecule has 0 radical (unpaired) electrons. The first-order valence-corrected chi connectivity index (χ1v) is 5.45. The lowest BCUT2D eigenvalue weighted by atomic mass is 10.2. The zero-order chi connectivity index (χ0) is 9.97. The van der Waals surface area contributed by atoms with Gasteiger partial charge in [-0.05, 0) is 19.3 Å². The minimum absolute atomic E-state index is 0.0383. The first-order valence-electron chi connectivity index (χ1n) is 5.45. The smallest absolute Gasteiger partial charge is 0.240 e. The van der Waals surface area contributed by atoms with Gasteiger partial charge in [0.05, 0.1) is 18.8 Å². The fraction of sp³-hybridized carbons (Fsp3) is 0.900. The SMILES string of the molecule is CCC1NCN(CC2CCCO2)C1=O. The summed E-state index contributed by atoms with van der Waals surface area (Å²) in [4.78, 5) is 13.6. The summed E-state index contributed by atoms with van der Waals surface area (Å²) in [5.41, 5.74) is 0. The van der Waals surface area contributed by atoms with Gasteiger partial charge in [0.25, 0.3) is 0 Å². The van der Waals surface area contributed by atoms with Crippen LogP contribution in [0.1, 0.15) is 26.2 Å². The summed E-state index contributed by atoms with van der Waals surface area (Å²) in [7, 11) is 0. The minimum atomic E-state index is 0.0383. The zero-order valence-corrected chi connectivity index (χ0v) is 8.66. The highest BCUT2D eigenvalue weighted by Gasteiger charge is 2.31. The molecule has 1 N–H and O–H groups in total. The Balaban J connectivity index is 1.84. The number of rotatable bonds is 3. The molecule has 2 saturated heterocycles. The second-order valence-corrected chi connectivity index (χ2v) is 4.02. The van der Waals surface area contributed by atoms with Gasteiger partial charge in [0.1, 0.15) is 0 Å². The number of carbonyl (C=O) groups excluding carboxylic acids is 1. The fourth-order valence-corrected chi connectivity index (χ4v) is 2.11. The Morgan fingerprint density at radius 3 is 3.07 bits per heavy atom. The molecule has 0 saturated carbocycles. The molecule has 2 atom stereocenters. The van der Waals surface area contributed by atoms with Gasteiger partial charge in [-0.25, -0.2) is 0 Å². The van der Waals surface area contributed by atoms with E-state index in [1.807, 2.05) is 11.8 Å². The number of hydrogen-bond donors (Lipinski definition) is 1. The van der Waals surface area contributed by atoms with Crippen molar-refractivity contribution in [2.45, 2.75) is 38.3 Å². The predicted octanol–water partition coefficient (Wildman–Crippen LogP) is 0.333. The first kappa shape index (κ1) is 9.93. The van der Waals surface area contributed by atoms with E-state index in [9.17, 15) is 4.79 Å². The van der Waals surface area contributed by atoms with Crippen LogP contribution in [0.5, 0.6) is 0 Å². The molecule has 2 fully saturated rings. The number of hydrogen-bond acceptors (Lipinski definition) is 3. The van der Waals surface area contributed by atoms with Gasteiger partial charge in [0.2, 0.25) is 5.91 Å². The van der Waals surface area contributed by atoms with Crippen molar-refractivity contribution in [2.24, 2.45) is 0 Å². The second-order valence-electron chi connectivity index (χ2n) is 4.02. The van der Waals surface area contributed by atoms with Crippen LogP contribution in [0.25, 0.3) is 0 Å². The molecule has 2 unspecified atom stereocenters. The number of nitrogens with zero attached hydrogens (tertiary/aromatic N) is 1. The molecule has 0 bridgehead atoms. The summed E-state index contributed by atoms with van der Waals surface area (Å²) in [5, 5.41) is 3.20. The quantitative estimate of drug-likeness (QED) is 0.710. The summed E-state index contributed by atoms with van der Waals surface area (Å²) < 4.78 is 5.51. The largest absolute Gasteiger partial charge is 0.376 e. The lowest BCUT2D eigenvalue weighted by molar-refractivity contribution is -0.130. The van der Waals surface area contributed by atoms with Crippen LogP contribution >= 0.6 is 0 Å². The lowest BCUT2D eigenvalue weighted by Crippen LogP contribution is -2.35. The maximum atomic E-state index is 11.7. The Morgan fingerprint density at radius 1 is 1.64 bits per heavy atom. The molecular weight excluding hydrogens is 180 g/mol. The van der Waals surface area contributed by atoms with E-state index in [1.54, 1.807) is 0 Å². The summed E-state index contributed by atoms with van der Waals surface area (Å²) in [6.45, 7) is 4.35. The van der Waals surface area contributed by atoms with Crippen LogP contribution in [-0.2, 0) is 9.53 Å². The van der Waals surface area contributed by atoms with E-state index in [-0.39, 0.29) is 18.1 Å². The third-order valence-corrected chi connectivity index (χ3v) is 2.99. The highest BCUT2D eigenvalue weighted by atomic mass is 16.5. The average molecular weight is 198 g/mol. The molecule has 1 amide bonds. The third kappa shape index (κ3) is 1.91. The van der Waals surface area contributed by atoms with E-state index in [4.69, 9.17) is 4.74 Å².